The van der Waals surface area contributed by atoms with Crippen LogP contribution in [-0.4, -0.2) is 24.0 Å². The summed E-state index contributed by atoms with van der Waals surface area (Å²) in [7, 11) is 1.72. The number of carboxylic acid groups (broad SMARTS) is 1. The van der Waals surface area contributed by atoms with Gasteiger partial charge < -0.3 is 10.0 Å². The smallest absolute Gasteiger partial charge is 0.307 e. The predicted octanol–water partition coefficient (Wildman–Crippen LogP) is 2.46. The highest BCUT2D eigenvalue weighted by Crippen LogP contribution is 2.34. The highest BCUT2D eigenvalue weighted by molar-refractivity contribution is 5.97. The maximum atomic E-state index is 12.4. The van der Waals surface area contributed by atoms with Crippen LogP contribution in [0.15, 0.2) is 24.3 Å². The zero-order valence-corrected chi connectivity index (χ0v) is 11.3. The van der Waals surface area contributed by atoms with E-state index in [1.807, 2.05) is 31.2 Å². The number of aliphatic carboxylic acids is 1. The van der Waals surface area contributed by atoms with Crippen molar-refractivity contribution in [1.82, 2.24) is 0 Å². The third-order valence-electron chi connectivity index (χ3n) is 3.87. The van der Waals surface area contributed by atoms with E-state index in [9.17, 15) is 9.59 Å². The zero-order valence-electron chi connectivity index (χ0n) is 11.3. The Morgan fingerprint density at radius 1 is 1.26 bits per heavy atom. The number of carbonyl (C=O) groups excluding carboxylic acids is 1. The maximum absolute atomic E-state index is 12.4. The lowest BCUT2D eigenvalue weighted by Crippen LogP contribution is -2.36. The lowest BCUT2D eigenvalue weighted by molar-refractivity contribution is -0.145. The summed E-state index contributed by atoms with van der Waals surface area (Å²) in [5.74, 6) is -1.85. The van der Waals surface area contributed by atoms with Gasteiger partial charge in [0.2, 0.25) is 5.91 Å². The molecular formula is C15H19NO3. The van der Waals surface area contributed by atoms with Crippen LogP contribution >= 0.6 is 0 Å². The molecule has 19 heavy (non-hydrogen) atoms. The van der Waals surface area contributed by atoms with Gasteiger partial charge in [0.1, 0.15) is 0 Å². The highest BCUT2D eigenvalue weighted by Gasteiger charge is 2.39. The van der Waals surface area contributed by atoms with E-state index in [1.165, 1.54) is 0 Å². The Morgan fingerprint density at radius 3 is 2.58 bits per heavy atom. The van der Waals surface area contributed by atoms with Crippen LogP contribution < -0.4 is 4.90 Å². The van der Waals surface area contributed by atoms with Crippen LogP contribution in [0.4, 0.5) is 5.69 Å². The second-order valence-corrected chi connectivity index (χ2v) is 5.22. The van der Waals surface area contributed by atoms with Crippen LogP contribution in [-0.2, 0) is 9.59 Å². The number of carboxylic acids is 1. The summed E-state index contributed by atoms with van der Waals surface area (Å²) in [6.45, 7) is 1.97. The summed E-state index contributed by atoms with van der Waals surface area (Å²) in [6.07, 6.45) is 2.09. The van der Waals surface area contributed by atoms with Gasteiger partial charge in [0.05, 0.1) is 11.8 Å². The van der Waals surface area contributed by atoms with Crippen molar-refractivity contribution in [2.45, 2.75) is 26.2 Å². The van der Waals surface area contributed by atoms with Gasteiger partial charge in [0, 0.05) is 12.7 Å². The van der Waals surface area contributed by atoms with Crippen molar-refractivity contribution >= 4 is 17.6 Å². The summed E-state index contributed by atoms with van der Waals surface area (Å²) in [4.78, 5) is 25.2. The van der Waals surface area contributed by atoms with E-state index in [0.29, 0.717) is 12.8 Å². The Morgan fingerprint density at radius 2 is 1.95 bits per heavy atom. The van der Waals surface area contributed by atoms with Crippen molar-refractivity contribution in [3.63, 3.8) is 0 Å². The zero-order chi connectivity index (χ0) is 14.0. The number of amides is 1. The average molecular weight is 261 g/mol. The fraction of sp³-hybridized carbons (Fsp3) is 0.467. The highest BCUT2D eigenvalue weighted by atomic mass is 16.4. The van der Waals surface area contributed by atoms with E-state index < -0.39 is 11.9 Å². The first-order valence-electron chi connectivity index (χ1n) is 6.57. The molecule has 0 spiro atoms. The number of hydrogen-bond donors (Lipinski definition) is 1. The molecule has 0 aliphatic heterocycles. The van der Waals surface area contributed by atoms with E-state index in [-0.39, 0.29) is 11.8 Å². The Labute approximate surface area is 113 Å². The summed E-state index contributed by atoms with van der Waals surface area (Å²) in [5, 5.41) is 9.16. The normalized spacial score (nSPS) is 22.2. The number of carbonyl (C=O) groups is 2. The number of aryl methyl sites for hydroxylation is 1. The number of anilines is 1. The van der Waals surface area contributed by atoms with E-state index in [1.54, 1.807) is 11.9 Å². The van der Waals surface area contributed by atoms with Gasteiger partial charge >= 0.3 is 5.97 Å². The van der Waals surface area contributed by atoms with Crippen LogP contribution in [0.1, 0.15) is 24.8 Å². The SMILES string of the molecule is Cc1cccc(N(C)C(=O)C2CCCC2C(=O)O)c1. The summed E-state index contributed by atoms with van der Waals surface area (Å²) in [6, 6.07) is 7.67. The standard InChI is InChI=1S/C15H19NO3/c1-10-5-3-6-11(9-10)16(2)14(17)12-7-4-8-13(12)15(18)19/h3,5-6,9,12-13H,4,7-8H2,1-2H3,(H,18,19). The van der Waals surface area contributed by atoms with Crippen molar-refractivity contribution in [1.29, 1.82) is 0 Å². The Balaban J connectivity index is 2.17. The largest absolute Gasteiger partial charge is 0.481 e. The molecule has 1 aromatic rings. The predicted molar refractivity (Wildman–Crippen MR) is 73.1 cm³/mol. The third kappa shape index (κ3) is 2.78. The monoisotopic (exact) mass is 261 g/mol. The van der Waals surface area contributed by atoms with E-state index in [4.69, 9.17) is 5.11 Å². The Hall–Kier alpha value is -1.84. The molecule has 1 saturated carbocycles. The third-order valence-corrected chi connectivity index (χ3v) is 3.87. The first-order valence-corrected chi connectivity index (χ1v) is 6.57. The van der Waals surface area contributed by atoms with Gasteiger partial charge in [-0.1, -0.05) is 18.6 Å². The minimum Gasteiger partial charge on any atom is -0.481 e. The topological polar surface area (TPSA) is 57.6 Å². The summed E-state index contributed by atoms with van der Waals surface area (Å²) >= 11 is 0. The molecule has 4 nitrogen and oxygen atoms in total. The van der Waals surface area contributed by atoms with Crippen LogP contribution in [0, 0.1) is 18.8 Å². The molecule has 102 valence electrons. The van der Waals surface area contributed by atoms with Gasteiger partial charge in [-0.15, -0.1) is 0 Å². The van der Waals surface area contributed by atoms with E-state index in [0.717, 1.165) is 17.7 Å². The molecule has 0 radical (unpaired) electrons. The van der Waals surface area contributed by atoms with Crippen molar-refractivity contribution in [2.75, 3.05) is 11.9 Å². The second kappa shape index (κ2) is 5.43. The summed E-state index contributed by atoms with van der Waals surface area (Å²) in [5.41, 5.74) is 1.90. The number of nitrogens with zero attached hydrogens (tertiary/aromatic N) is 1. The number of benzene rings is 1. The fourth-order valence-electron chi connectivity index (χ4n) is 2.76. The van der Waals surface area contributed by atoms with Crippen LogP contribution in [0.5, 0.6) is 0 Å². The van der Waals surface area contributed by atoms with Gasteiger partial charge in [-0.05, 0) is 37.5 Å². The molecule has 1 aliphatic carbocycles. The molecule has 0 bridgehead atoms. The van der Waals surface area contributed by atoms with E-state index >= 15 is 0 Å². The van der Waals surface area contributed by atoms with Gasteiger partial charge in [-0.3, -0.25) is 9.59 Å². The molecule has 1 aliphatic rings. The van der Waals surface area contributed by atoms with Crippen molar-refractivity contribution < 1.29 is 14.7 Å². The van der Waals surface area contributed by atoms with Crippen molar-refractivity contribution in [3.8, 4) is 0 Å². The Kier molecular flexibility index (Phi) is 3.88. The molecule has 0 saturated heterocycles. The molecule has 1 fully saturated rings. The molecule has 2 rings (SSSR count). The maximum Gasteiger partial charge on any atom is 0.307 e. The second-order valence-electron chi connectivity index (χ2n) is 5.22. The Bertz CT molecular complexity index is 498. The quantitative estimate of drug-likeness (QED) is 0.909. The molecule has 1 amide bonds. The molecule has 2 atom stereocenters. The van der Waals surface area contributed by atoms with Crippen LogP contribution in [0.3, 0.4) is 0 Å². The van der Waals surface area contributed by atoms with Gasteiger partial charge in [0.15, 0.2) is 0 Å². The number of hydrogen-bond acceptors (Lipinski definition) is 2. The first kappa shape index (κ1) is 13.6. The molecule has 4 heteroatoms. The minimum atomic E-state index is -0.853. The van der Waals surface area contributed by atoms with Gasteiger partial charge in [-0.2, -0.15) is 0 Å². The van der Waals surface area contributed by atoms with E-state index in [2.05, 4.69) is 0 Å². The lowest BCUT2D eigenvalue weighted by atomic mass is 9.94. The van der Waals surface area contributed by atoms with Crippen LogP contribution in [0.25, 0.3) is 0 Å². The van der Waals surface area contributed by atoms with Gasteiger partial charge in [0.25, 0.3) is 0 Å². The van der Waals surface area contributed by atoms with Gasteiger partial charge in [-0.25, -0.2) is 0 Å². The molecule has 1 aromatic carbocycles. The van der Waals surface area contributed by atoms with Crippen molar-refractivity contribution in [2.24, 2.45) is 11.8 Å². The first-order chi connectivity index (χ1) is 9.00. The lowest BCUT2D eigenvalue weighted by Gasteiger charge is -2.23. The number of rotatable bonds is 3. The molecule has 0 aromatic heterocycles. The molecule has 1 N–H and O–H groups in total. The van der Waals surface area contributed by atoms with Crippen LogP contribution in [0.2, 0.25) is 0 Å². The fourth-order valence-corrected chi connectivity index (χ4v) is 2.76. The minimum absolute atomic E-state index is 0.0875. The van der Waals surface area contributed by atoms with Crippen molar-refractivity contribution in [3.05, 3.63) is 29.8 Å². The summed E-state index contributed by atoms with van der Waals surface area (Å²) < 4.78 is 0. The average Bonchev–Trinajstić information content (AvgIpc) is 2.86. The molecule has 0 heterocycles. The molecule has 2 unspecified atom stereocenters. The molecular weight excluding hydrogens is 242 g/mol.